The van der Waals surface area contributed by atoms with Gasteiger partial charge < -0.3 is 5.11 Å². The van der Waals surface area contributed by atoms with Crippen molar-refractivity contribution in [2.45, 2.75) is 19.0 Å². The Labute approximate surface area is 130 Å². The van der Waals surface area contributed by atoms with Crippen molar-refractivity contribution >= 4 is 5.97 Å². The number of carbonyl (C=O) groups is 1. The molecule has 0 saturated carbocycles. The first-order chi connectivity index (χ1) is 10.8. The summed E-state index contributed by atoms with van der Waals surface area (Å²) in [6.07, 6.45) is 0.441. The summed E-state index contributed by atoms with van der Waals surface area (Å²) in [7, 11) is 0. The van der Waals surface area contributed by atoms with E-state index in [-0.39, 0.29) is 0 Å². The van der Waals surface area contributed by atoms with E-state index in [9.17, 15) is 9.90 Å². The molecule has 0 bridgehead atoms. The third kappa shape index (κ3) is 5.39. The van der Waals surface area contributed by atoms with Crippen molar-refractivity contribution in [3.05, 3.63) is 76.6 Å². The van der Waals surface area contributed by atoms with Crippen LogP contribution in [0.2, 0.25) is 0 Å². The molecular formula is C18H19N2O2+. The lowest BCUT2D eigenvalue weighted by Crippen LogP contribution is -2.38. The Morgan fingerprint density at radius 1 is 1.05 bits per heavy atom. The van der Waals surface area contributed by atoms with Crippen molar-refractivity contribution < 1.29 is 9.90 Å². The van der Waals surface area contributed by atoms with Crippen LogP contribution in [-0.4, -0.2) is 23.7 Å². The fraction of sp³-hybridized carbons (Fsp3) is 0.222. The topological polar surface area (TPSA) is 53.7 Å². The molecule has 0 aliphatic carbocycles. The number of nitrogens with zero attached hydrogens (tertiary/aromatic N) is 1. The average molecular weight is 295 g/mol. The molecule has 0 aromatic heterocycles. The van der Waals surface area contributed by atoms with Crippen LogP contribution < -0.4 is 5.32 Å². The fourth-order valence-corrected chi connectivity index (χ4v) is 2.05. The maximum atomic E-state index is 11.3. The van der Waals surface area contributed by atoms with E-state index in [2.05, 4.69) is 16.2 Å². The molecule has 0 unspecified atom stereocenters. The molecule has 0 spiro atoms. The fourth-order valence-electron chi connectivity index (χ4n) is 2.05. The van der Waals surface area contributed by atoms with E-state index in [1.165, 1.54) is 0 Å². The van der Waals surface area contributed by atoms with E-state index >= 15 is 0 Å². The van der Waals surface area contributed by atoms with E-state index in [0.717, 1.165) is 11.1 Å². The minimum absolute atomic E-state index is 0.316. The van der Waals surface area contributed by atoms with Crippen LogP contribution in [0.15, 0.2) is 60.7 Å². The van der Waals surface area contributed by atoms with Crippen molar-refractivity contribution in [2.24, 2.45) is 0 Å². The van der Waals surface area contributed by atoms with Gasteiger partial charge in [0.2, 0.25) is 0 Å². The molecule has 0 fully saturated rings. The normalized spacial score (nSPS) is 11.3. The van der Waals surface area contributed by atoms with Crippen LogP contribution in [0.1, 0.15) is 11.1 Å². The lowest BCUT2D eigenvalue weighted by atomic mass is 10.1. The van der Waals surface area contributed by atoms with Gasteiger partial charge in [0.25, 0.3) is 12.6 Å². The van der Waals surface area contributed by atoms with Crippen LogP contribution in [0.4, 0.5) is 0 Å². The van der Waals surface area contributed by atoms with Crippen LogP contribution in [-0.2, 0) is 17.8 Å². The van der Waals surface area contributed by atoms with Crippen LogP contribution in [0.5, 0.6) is 0 Å². The van der Waals surface area contributed by atoms with Gasteiger partial charge in [-0.05, 0) is 12.0 Å². The van der Waals surface area contributed by atoms with Gasteiger partial charge in [-0.15, -0.1) is 0 Å². The maximum Gasteiger partial charge on any atom is 0.321 e. The Morgan fingerprint density at radius 3 is 2.23 bits per heavy atom. The van der Waals surface area contributed by atoms with Crippen molar-refractivity contribution in [1.29, 1.82) is 0 Å². The number of nitrogens with one attached hydrogen (secondary N) is 1. The zero-order valence-electron chi connectivity index (χ0n) is 12.3. The van der Waals surface area contributed by atoms with Crippen molar-refractivity contribution in [1.82, 2.24) is 5.32 Å². The first-order valence-electron chi connectivity index (χ1n) is 7.19. The summed E-state index contributed by atoms with van der Waals surface area (Å²) < 4.78 is 0. The van der Waals surface area contributed by atoms with Crippen LogP contribution in [0.3, 0.4) is 0 Å². The van der Waals surface area contributed by atoms with Gasteiger partial charge in [0.05, 0.1) is 0 Å². The SMILES string of the molecule is O=C(O)[C@H](Cc1ccccc1)NCC#[N+]Cc1ccccc1. The van der Waals surface area contributed by atoms with Gasteiger partial charge >= 0.3 is 5.97 Å². The van der Waals surface area contributed by atoms with Gasteiger partial charge in [-0.25, -0.2) is 0 Å². The summed E-state index contributed by atoms with van der Waals surface area (Å²) >= 11 is 0. The second kappa shape index (κ2) is 8.60. The molecule has 22 heavy (non-hydrogen) atoms. The van der Waals surface area contributed by atoms with E-state index in [1.807, 2.05) is 60.7 Å². The molecule has 2 N–H and O–H groups in total. The molecule has 2 aromatic carbocycles. The van der Waals surface area contributed by atoms with Gasteiger partial charge in [-0.3, -0.25) is 10.1 Å². The first kappa shape index (κ1) is 15.7. The van der Waals surface area contributed by atoms with E-state index in [0.29, 0.717) is 19.5 Å². The number of rotatable bonds is 6. The Hall–Kier alpha value is -2.64. The number of hydrogen-bond donors (Lipinski definition) is 2. The first-order valence-corrected chi connectivity index (χ1v) is 7.19. The second-order valence-corrected chi connectivity index (χ2v) is 4.92. The Bertz CT molecular complexity index is 645. The van der Waals surface area contributed by atoms with Crippen molar-refractivity contribution in [3.63, 3.8) is 0 Å². The molecule has 0 amide bonds. The molecule has 2 aromatic rings. The summed E-state index contributed by atoms with van der Waals surface area (Å²) in [6, 6.07) is 21.7. The molecule has 4 heteroatoms. The zero-order valence-corrected chi connectivity index (χ0v) is 12.3. The lowest BCUT2D eigenvalue weighted by Gasteiger charge is -2.11. The Kier molecular flexibility index (Phi) is 6.16. The Balaban J connectivity index is 1.81. The molecule has 2 rings (SSSR count). The number of carboxylic acid groups (broad SMARTS) is 1. The summed E-state index contributed by atoms with van der Waals surface area (Å²) in [5.41, 5.74) is 2.10. The molecule has 0 heterocycles. The largest absolute Gasteiger partial charge is 0.480 e. The highest BCUT2D eigenvalue weighted by atomic mass is 16.4. The predicted molar refractivity (Wildman–Crippen MR) is 87.0 cm³/mol. The summed E-state index contributed by atoms with van der Waals surface area (Å²) in [5.74, 6) is -0.867. The molecular weight excluding hydrogens is 276 g/mol. The summed E-state index contributed by atoms with van der Waals surface area (Å²) in [4.78, 5) is 15.4. The van der Waals surface area contributed by atoms with Crippen LogP contribution in [0, 0.1) is 6.07 Å². The van der Waals surface area contributed by atoms with Crippen molar-refractivity contribution in [2.75, 3.05) is 6.54 Å². The maximum absolute atomic E-state index is 11.3. The minimum Gasteiger partial charge on any atom is -0.480 e. The lowest BCUT2D eigenvalue weighted by molar-refractivity contribution is -0.139. The summed E-state index contributed by atoms with van der Waals surface area (Å²) in [5, 5.41) is 12.2. The van der Waals surface area contributed by atoms with Gasteiger partial charge in [-0.2, -0.15) is 0 Å². The average Bonchev–Trinajstić information content (AvgIpc) is 2.55. The van der Waals surface area contributed by atoms with Gasteiger partial charge in [-0.1, -0.05) is 65.5 Å². The zero-order chi connectivity index (χ0) is 15.6. The third-order valence-electron chi connectivity index (χ3n) is 3.22. The number of benzene rings is 2. The second-order valence-electron chi connectivity index (χ2n) is 4.92. The quantitative estimate of drug-likeness (QED) is 0.806. The highest BCUT2D eigenvalue weighted by Gasteiger charge is 2.17. The molecule has 0 aliphatic rings. The molecule has 112 valence electrons. The number of carboxylic acids is 1. The number of hydrogen-bond acceptors (Lipinski definition) is 2. The smallest absolute Gasteiger partial charge is 0.321 e. The van der Waals surface area contributed by atoms with Crippen molar-refractivity contribution in [3.8, 4) is 6.07 Å². The molecule has 1 atom stereocenters. The standard InChI is InChI=1S/C18H18N2O2/c21-18(22)17(13-15-7-3-1-4-8-15)20-12-11-19-14-16-9-5-2-6-10-16/h1-10,17,20H,12-14H2/p+1/t17-/m0/s1. The predicted octanol–water partition coefficient (Wildman–Crippen LogP) is 2.81. The molecule has 0 radical (unpaired) electrons. The van der Waals surface area contributed by atoms with Gasteiger partial charge in [0.15, 0.2) is 0 Å². The highest BCUT2D eigenvalue weighted by Crippen LogP contribution is 2.03. The van der Waals surface area contributed by atoms with Crippen LogP contribution >= 0.6 is 0 Å². The van der Waals surface area contributed by atoms with E-state index in [4.69, 9.17) is 0 Å². The third-order valence-corrected chi connectivity index (χ3v) is 3.22. The van der Waals surface area contributed by atoms with Gasteiger partial charge in [0, 0.05) is 5.56 Å². The monoisotopic (exact) mass is 295 g/mol. The number of aliphatic carboxylic acids is 1. The Morgan fingerprint density at radius 2 is 1.64 bits per heavy atom. The molecule has 0 aliphatic heterocycles. The summed E-state index contributed by atoms with van der Waals surface area (Å²) in [6.45, 7) is 0.871. The highest BCUT2D eigenvalue weighted by molar-refractivity contribution is 5.73. The molecule has 4 nitrogen and oxygen atoms in total. The minimum atomic E-state index is -0.867. The van der Waals surface area contributed by atoms with Gasteiger partial charge in [0.1, 0.15) is 12.6 Å². The van der Waals surface area contributed by atoms with E-state index in [1.54, 1.807) is 0 Å². The van der Waals surface area contributed by atoms with E-state index < -0.39 is 12.0 Å². The van der Waals surface area contributed by atoms with Crippen LogP contribution in [0.25, 0.3) is 4.85 Å². The molecule has 0 saturated heterocycles.